The molecule has 0 aliphatic heterocycles. The zero-order chi connectivity index (χ0) is 10.4. The summed E-state index contributed by atoms with van der Waals surface area (Å²) >= 11 is 0. The van der Waals surface area contributed by atoms with Gasteiger partial charge in [0.15, 0.2) is 0 Å². The van der Waals surface area contributed by atoms with Gasteiger partial charge in [-0.25, -0.2) is 0 Å². The number of hydrogen-bond acceptors (Lipinski definition) is 3. The Morgan fingerprint density at radius 2 is 2.21 bits per heavy atom. The van der Waals surface area contributed by atoms with Crippen LogP contribution in [0.4, 0.5) is 0 Å². The average Bonchev–Trinajstić information content (AvgIpc) is 2.65. The van der Waals surface area contributed by atoms with Gasteiger partial charge in [0, 0.05) is 12.6 Å². The highest BCUT2D eigenvalue weighted by molar-refractivity contribution is 4.97. The Kier molecular flexibility index (Phi) is 4.92. The zero-order valence-corrected chi connectivity index (χ0v) is 8.95. The Hall–Kier alpha value is -0.590. The van der Waals surface area contributed by atoms with E-state index in [4.69, 9.17) is 10.4 Å². The molecule has 14 heavy (non-hydrogen) atoms. The van der Waals surface area contributed by atoms with Gasteiger partial charge >= 0.3 is 0 Å². The van der Waals surface area contributed by atoms with Crippen LogP contribution in [0.5, 0.6) is 0 Å². The van der Waals surface area contributed by atoms with Crippen LogP contribution >= 0.6 is 0 Å². The highest BCUT2D eigenvalue weighted by Gasteiger charge is 2.31. The van der Waals surface area contributed by atoms with Gasteiger partial charge in [-0.15, -0.1) is 0 Å². The molecule has 1 aliphatic carbocycles. The van der Waals surface area contributed by atoms with Gasteiger partial charge in [-0.3, -0.25) is 4.90 Å². The molecule has 2 unspecified atom stereocenters. The van der Waals surface area contributed by atoms with E-state index in [9.17, 15) is 0 Å². The molecule has 0 saturated heterocycles. The van der Waals surface area contributed by atoms with Crippen LogP contribution in [-0.4, -0.2) is 35.7 Å². The molecule has 0 aromatic rings. The van der Waals surface area contributed by atoms with Crippen LogP contribution < -0.4 is 0 Å². The molecule has 0 amide bonds. The van der Waals surface area contributed by atoms with Crippen molar-refractivity contribution in [3.63, 3.8) is 0 Å². The van der Waals surface area contributed by atoms with E-state index in [2.05, 4.69) is 17.9 Å². The normalized spacial score (nSPS) is 26.7. The predicted molar refractivity (Wildman–Crippen MR) is 55.7 cm³/mol. The quantitative estimate of drug-likeness (QED) is 0.722. The Bertz CT molecular complexity index is 194. The number of aliphatic hydroxyl groups excluding tert-OH is 1. The van der Waals surface area contributed by atoms with Crippen molar-refractivity contribution < 1.29 is 5.11 Å². The van der Waals surface area contributed by atoms with E-state index >= 15 is 0 Å². The molecule has 2 atom stereocenters. The molecule has 1 saturated carbocycles. The minimum Gasteiger partial charge on any atom is -0.395 e. The second-order valence-corrected chi connectivity index (χ2v) is 3.99. The minimum absolute atomic E-state index is 0.188. The van der Waals surface area contributed by atoms with Crippen molar-refractivity contribution in [2.45, 2.75) is 38.6 Å². The van der Waals surface area contributed by atoms with Crippen LogP contribution in [-0.2, 0) is 0 Å². The molecule has 1 aliphatic rings. The molecular weight excluding hydrogens is 176 g/mol. The van der Waals surface area contributed by atoms with Gasteiger partial charge in [0.05, 0.1) is 18.6 Å². The Balaban J connectivity index is 2.53. The number of rotatable bonds is 5. The summed E-state index contributed by atoms with van der Waals surface area (Å²) in [6, 6.07) is 2.78. The SMILES string of the molecule is CCCN(CCO)C1CCCC1C#N. The van der Waals surface area contributed by atoms with Gasteiger partial charge in [0.25, 0.3) is 0 Å². The maximum Gasteiger partial charge on any atom is 0.0672 e. The Morgan fingerprint density at radius 1 is 1.43 bits per heavy atom. The summed E-state index contributed by atoms with van der Waals surface area (Å²) < 4.78 is 0. The highest BCUT2D eigenvalue weighted by atomic mass is 16.3. The van der Waals surface area contributed by atoms with Gasteiger partial charge in [-0.05, 0) is 25.8 Å². The van der Waals surface area contributed by atoms with Gasteiger partial charge in [-0.1, -0.05) is 13.3 Å². The molecule has 0 aromatic heterocycles. The van der Waals surface area contributed by atoms with E-state index in [1.165, 1.54) is 0 Å². The fraction of sp³-hybridized carbons (Fsp3) is 0.909. The van der Waals surface area contributed by atoms with E-state index in [0.717, 1.165) is 38.8 Å². The van der Waals surface area contributed by atoms with Crippen molar-refractivity contribution in [1.29, 1.82) is 5.26 Å². The first kappa shape index (κ1) is 11.5. The molecule has 3 nitrogen and oxygen atoms in total. The van der Waals surface area contributed by atoms with Crippen LogP contribution in [0.25, 0.3) is 0 Å². The number of nitrogens with zero attached hydrogens (tertiary/aromatic N) is 2. The second kappa shape index (κ2) is 6.00. The predicted octanol–water partition coefficient (Wildman–Crippen LogP) is 1.38. The van der Waals surface area contributed by atoms with Crippen molar-refractivity contribution in [2.24, 2.45) is 5.92 Å². The molecule has 0 spiro atoms. The average molecular weight is 196 g/mol. The maximum atomic E-state index is 8.98. The number of hydrogen-bond donors (Lipinski definition) is 1. The van der Waals surface area contributed by atoms with Gasteiger partial charge in [-0.2, -0.15) is 5.26 Å². The summed E-state index contributed by atoms with van der Waals surface area (Å²) in [6.45, 7) is 4.06. The molecule has 1 rings (SSSR count). The lowest BCUT2D eigenvalue weighted by Gasteiger charge is -2.29. The lowest BCUT2D eigenvalue weighted by atomic mass is 10.0. The summed E-state index contributed by atoms with van der Waals surface area (Å²) in [5.41, 5.74) is 0. The Morgan fingerprint density at radius 3 is 2.79 bits per heavy atom. The van der Waals surface area contributed by atoms with Crippen LogP contribution in [0, 0.1) is 17.2 Å². The number of aliphatic hydroxyl groups is 1. The molecule has 0 radical (unpaired) electrons. The van der Waals surface area contributed by atoms with Crippen molar-refractivity contribution >= 4 is 0 Å². The van der Waals surface area contributed by atoms with E-state index in [0.29, 0.717) is 6.04 Å². The van der Waals surface area contributed by atoms with Crippen LogP contribution in [0.1, 0.15) is 32.6 Å². The van der Waals surface area contributed by atoms with E-state index < -0.39 is 0 Å². The third kappa shape index (κ3) is 2.70. The van der Waals surface area contributed by atoms with Crippen molar-refractivity contribution in [3.8, 4) is 6.07 Å². The van der Waals surface area contributed by atoms with E-state index in [-0.39, 0.29) is 12.5 Å². The van der Waals surface area contributed by atoms with E-state index in [1.54, 1.807) is 0 Å². The molecular formula is C11H20N2O. The van der Waals surface area contributed by atoms with E-state index in [1.807, 2.05) is 0 Å². The zero-order valence-electron chi connectivity index (χ0n) is 8.95. The van der Waals surface area contributed by atoms with Gasteiger partial charge in [0.1, 0.15) is 0 Å². The first-order chi connectivity index (χ1) is 6.83. The van der Waals surface area contributed by atoms with Crippen LogP contribution in [0.15, 0.2) is 0 Å². The van der Waals surface area contributed by atoms with Crippen LogP contribution in [0.2, 0.25) is 0 Å². The lowest BCUT2D eigenvalue weighted by Crippen LogP contribution is -2.39. The fourth-order valence-corrected chi connectivity index (χ4v) is 2.39. The van der Waals surface area contributed by atoms with Crippen molar-refractivity contribution in [1.82, 2.24) is 4.90 Å². The molecule has 80 valence electrons. The molecule has 0 bridgehead atoms. The molecule has 0 aromatic carbocycles. The minimum atomic E-state index is 0.188. The molecule has 1 fully saturated rings. The first-order valence-electron chi connectivity index (χ1n) is 5.58. The summed E-state index contributed by atoms with van der Waals surface area (Å²) in [5, 5.41) is 17.9. The first-order valence-corrected chi connectivity index (χ1v) is 5.58. The second-order valence-electron chi connectivity index (χ2n) is 3.99. The Labute approximate surface area is 86.3 Å². The standard InChI is InChI=1S/C11H20N2O/c1-2-6-13(7-8-14)11-5-3-4-10(11)9-12/h10-11,14H,2-8H2,1H3. The monoisotopic (exact) mass is 196 g/mol. The summed E-state index contributed by atoms with van der Waals surface area (Å²) in [7, 11) is 0. The molecule has 3 heteroatoms. The summed E-state index contributed by atoms with van der Waals surface area (Å²) in [6.07, 6.45) is 4.41. The van der Waals surface area contributed by atoms with Crippen molar-refractivity contribution in [3.05, 3.63) is 0 Å². The van der Waals surface area contributed by atoms with Gasteiger partial charge in [0.2, 0.25) is 0 Å². The summed E-state index contributed by atoms with van der Waals surface area (Å²) in [4.78, 5) is 2.28. The smallest absolute Gasteiger partial charge is 0.0672 e. The van der Waals surface area contributed by atoms with Gasteiger partial charge < -0.3 is 5.11 Å². The molecule has 0 heterocycles. The summed E-state index contributed by atoms with van der Waals surface area (Å²) in [5.74, 6) is 0.188. The fourth-order valence-electron chi connectivity index (χ4n) is 2.39. The highest BCUT2D eigenvalue weighted by Crippen LogP contribution is 2.29. The maximum absolute atomic E-state index is 8.98. The topological polar surface area (TPSA) is 47.3 Å². The lowest BCUT2D eigenvalue weighted by molar-refractivity contribution is 0.138. The molecule has 1 N–H and O–H groups in total. The number of nitriles is 1. The largest absolute Gasteiger partial charge is 0.395 e. The van der Waals surface area contributed by atoms with Crippen LogP contribution in [0.3, 0.4) is 0 Å². The third-order valence-corrected chi connectivity index (χ3v) is 3.01. The van der Waals surface area contributed by atoms with Crippen molar-refractivity contribution in [2.75, 3.05) is 19.7 Å². The third-order valence-electron chi connectivity index (χ3n) is 3.01.